The summed E-state index contributed by atoms with van der Waals surface area (Å²) in [7, 11) is 0. The second kappa shape index (κ2) is 34.8. The minimum Gasteiger partial charge on any atom is -0.356 e. The number of rotatable bonds is 35. The number of hydrogen-bond donors (Lipinski definition) is 2. The van der Waals surface area contributed by atoms with Gasteiger partial charge in [0, 0.05) is 25.4 Å². The predicted octanol–water partition coefficient (Wildman–Crippen LogP) is 12.4. The summed E-state index contributed by atoms with van der Waals surface area (Å²) in [6, 6.07) is 0.242. The average Bonchev–Trinajstić information content (AvgIpc) is 3.00. The monoisotopic (exact) mass is 621 g/mol. The molecule has 0 unspecified atom stereocenters. The molecule has 2 amide bonds. The molecule has 0 heterocycles. The summed E-state index contributed by atoms with van der Waals surface area (Å²) in [5, 5.41) is 6.41. The van der Waals surface area contributed by atoms with Gasteiger partial charge in [0.15, 0.2) is 0 Å². The molecule has 44 heavy (non-hydrogen) atoms. The first-order valence-corrected chi connectivity index (χ1v) is 20.1. The second-order valence-corrected chi connectivity index (χ2v) is 14.2. The van der Waals surface area contributed by atoms with Crippen molar-refractivity contribution in [3.63, 3.8) is 0 Å². The van der Waals surface area contributed by atoms with Gasteiger partial charge in [0.05, 0.1) is 0 Å². The fourth-order valence-electron chi connectivity index (χ4n) is 6.26. The molecule has 262 valence electrons. The second-order valence-electron chi connectivity index (χ2n) is 14.2. The van der Waals surface area contributed by atoms with Gasteiger partial charge in [0.2, 0.25) is 11.8 Å². The molecule has 0 aromatic rings. The van der Waals surface area contributed by atoms with Crippen LogP contribution in [0.2, 0.25) is 0 Å². The minimum absolute atomic E-state index is 0.208. The molecule has 0 fully saturated rings. The SMILES string of the molecule is CCCCCCCCCCCCCCCC(=O)NCCCC[C@H](NC(=O)CCCCCCCCCCCCCCC)C(C)C. The van der Waals surface area contributed by atoms with E-state index in [0.717, 1.165) is 38.6 Å². The minimum atomic E-state index is 0.208. The van der Waals surface area contributed by atoms with Crippen LogP contribution in [0, 0.1) is 5.92 Å². The van der Waals surface area contributed by atoms with Crippen molar-refractivity contribution in [3.8, 4) is 0 Å². The highest BCUT2D eigenvalue weighted by molar-refractivity contribution is 5.76. The van der Waals surface area contributed by atoms with Crippen LogP contribution < -0.4 is 10.6 Å². The van der Waals surface area contributed by atoms with Gasteiger partial charge in [-0.05, 0) is 38.0 Å². The van der Waals surface area contributed by atoms with Gasteiger partial charge < -0.3 is 10.6 Å². The molecule has 2 N–H and O–H groups in total. The third-order valence-corrected chi connectivity index (χ3v) is 9.43. The van der Waals surface area contributed by atoms with Crippen molar-refractivity contribution in [1.82, 2.24) is 10.6 Å². The first kappa shape index (κ1) is 42.9. The van der Waals surface area contributed by atoms with Gasteiger partial charge in [-0.2, -0.15) is 0 Å². The van der Waals surface area contributed by atoms with E-state index in [-0.39, 0.29) is 17.9 Å². The zero-order valence-corrected chi connectivity index (χ0v) is 30.6. The van der Waals surface area contributed by atoms with E-state index in [9.17, 15) is 9.59 Å². The molecule has 0 aromatic carbocycles. The van der Waals surface area contributed by atoms with Crippen molar-refractivity contribution in [2.45, 2.75) is 233 Å². The molecule has 0 saturated heterocycles. The van der Waals surface area contributed by atoms with Gasteiger partial charge >= 0.3 is 0 Å². The van der Waals surface area contributed by atoms with Crippen LogP contribution in [0.15, 0.2) is 0 Å². The van der Waals surface area contributed by atoms with Crippen LogP contribution in [0.3, 0.4) is 0 Å². The van der Waals surface area contributed by atoms with Gasteiger partial charge in [-0.25, -0.2) is 0 Å². The standard InChI is InChI=1S/C40H80N2O2/c1-5-7-9-11-13-15-17-19-21-23-25-27-29-34-39(43)41-36-32-31-33-38(37(3)4)42-40(44)35-30-28-26-24-22-20-18-16-14-12-10-8-6-2/h37-38H,5-36H2,1-4H3,(H,41,43)(H,42,44)/t38-/m0/s1. The summed E-state index contributed by atoms with van der Waals surface area (Å²) in [4.78, 5) is 24.7. The quantitative estimate of drug-likeness (QED) is 0.0692. The van der Waals surface area contributed by atoms with E-state index in [0.29, 0.717) is 18.8 Å². The highest BCUT2D eigenvalue weighted by atomic mass is 16.2. The third kappa shape index (κ3) is 32.3. The van der Waals surface area contributed by atoms with Crippen molar-refractivity contribution in [3.05, 3.63) is 0 Å². The number of hydrogen-bond acceptors (Lipinski definition) is 2. The fourth-order valence-corrected chi connectivity index (χ4v) is 6.26. The van der Waals surface area contributed by atoms with Gasteiger partial charge in [0.25, 0.3) is 0 Å². The predicted molar refractivity (Wildman–Crippen MR) is 194 cm³/mol. The molecule has 4 heteroatoms. The van der Waals surface area contributed by atoms with Crippen LogP contribution in [0.25, 0.3) is 0 Å². The molecule has 0 saturated carbocycles. The Hall–Kier alpha value is -1.06. The Labute approximate surface area is 276 Å². The summed E-state index contributed by atoms with van der Waals surface area (Å²) in [6.45, 7) is 9.72. The maximum Gasteiger partial charge on any atom is 0.220 e. The largest absolute Gasteiger partial charge is 0.356 e. The van der Waals surface area contributed by atoms with Crippen molar-refractivity contribution >= 4 is 11.8 Å². The molecule has 4 nitrogen and oxygen atoms in total. The van der Waals surface area contributed by atoms with E-state index in [2.05, 4.69) is 38.3 Å². The molecule has 0 bridgehead atoms. The highest BCUT2D eigenvalue weighted by Crippen LogP contribution is 2.15. The average molecular weight is 621 g/mol. The van der Waals surface area contributed by atoms with Crippen LogP contribution in [0.1, 0.15) is 227 Å². The van der Waals surface area contributed by atoms with Crippen molar-refractivity contribution in [2.24, 2.45) is 5.92 Å². The number of amides is 2. The molecule has 0 aliphatic carbocycles. The smallest absolute Gasteiger partial charge is 0.220 e. The number of carbonyl (C=O) groups excluding carboxylic acids is 2. The summed E-state index contributed by atoms with van der Waals surface area (Å²) >= 11 is 0. The van der Waals surface area contributed by atoms with Crippen LogP contribution in [0.4, 0.5) is 0 Å². The highest BCUT2D eigenvalue weighted by Gasteiger charge is 2.15. The Morgan fingerprint density at radius 3 is 1.14 bits per heavy atom. The van der Waals surface area contributed by atoms with Gasteiger partial charge in [-0.1, -0.05) is 182 Å². The zero-order valence-electron chi connectivity index (χ0n) is 30.6. The Morgan fingerprint density at radius 1 is 0.432 bits per heavy atom. The number of carbonyl (C=O) groups is 2. The van der Waals surface area contributed by atoms with Gasteiger partial charge in [0.1, 0.15) is 0 Å². The molecule has 0 aliphatic heterocycles. The number of nitrogens with one attached hydrogen (secondary N) is 2. The maximum atomic E-state index is 12.5. The topological polar surface area (TPSA) is 58.2 Å². The van der Waals surface area contributed by atoms with E-state index in [4.69, 9.17) is 0 Å². The lowest BCUT2D eigenvalue weighted by Gasteiger charge is -2.22. The molecule has 1 atom stereocenters. The molecule has 0 radical (unpaired) electrons. The van der Waals surface area contributed by atoms with E-state index in [1.54, 1.807) is 0 Å². The molecule has 0 aliphatic rings. The lowest BCUT2D eigenvalue weighted by molar-refractivity contribution is -0.122. The summed E-state index contributed by atoms with van der Waals surface area (Å²) in [5.74, 6) is 0.869. The molecular formula is C40H80N2O2. The lowest BCUT2D eigenvalue weighted by atomic mass is 9.98. The van der Waals surface area contributed by atoms with Crippen LogP contribution in [-0.2, 0) is 9.59 Å². The van der Waals surface area contributed by atoms with E-state index in [1.165, 1.54) is 154 Å². The summed E-state index contributed by atoms with van der Waals surface area (Å²) < 4.78 is 0. The van der Waals surface area contributed by atoms with Crippen LogP contribution in [-0.4, -0.2) is 24.4 Å². The van der Waals surface area contributed by atoms with Gasteiger partial charge in [-0.3, -0.25) is 9.59 Å². The summed E-state index contributed by atoms with van der Waals surface area (Å²) in [6.07, 6.45) is 39.0. The third-order valence-electron chi connectivity index (χ3n) is 9.43. The first-order valence-electron chi connectivity index (χ1n) is 20.1. The van der Waals surface area contributed by atoms with Crippen LogP contribution >= 0.6 is 0 Å². The van der Waals surface area contributed by atoms with E-state index in [1.807, 2.05) is 0 Å². The van der Waals surface area contributed by atoms with Gasteiger partial charge in [-0.15, -0.1) is 0 Å². The number of unbranched alkanes of at least 4 members (excludes halogenated alkanes) is 25. The Balaban J connectivity index is 3.60. The fraction of sp³-hybridized carbons (Fsp3) is 0.950. The lowest BCUT2D eigenvalue weighted by Crippen LogP contribution is -2.38. The molecular weight excluding hydrogens is 540 g/mol. The molecule has 0 rings (SSSR count). The normalized spacial score (nSPS) is 12.1. The molecule has 0 aromatic heterocycles. The van der Waals surface area contributed by atoms with Crippen molar-refractivity contribution in [2.75, 3.05) is 6.54 Å². The zero-order chi connectivity index (χ0) is 32.4. The van der Waals surface area contributed by atoms with E-state index >= 15 is 0 Å². The maximum absolute atomic E-state index is 12.5. The first-order chi connectivity index (χ1) is 21.5. The summed E-state index contributed by atoms with van der Waals surface area (Å²) in [5.41, 5.74) is 0. The molecule has 0 spiro atoms. The van der Waals surface area contributed by atoms with Crippen LogP contribution in [0.5, 0.6) is 0 Å². The Morgan fingerprint density at radius 2 is 0.773 bits per heavy atom. The van der Waals surface area contributed by atoms with E-state index < -0.39 is 0 Å². The van der Waals surface area contributed by atoms with Crippen molar-refractivity contribution in [1.29, 1.82) is 0 Å². The Kier molecular flexibility index (Phi) is 34.0. The Bertz CT molecular complexity index is 606. The van der Waals surface area contributed by atoms with Crippen molar-refractivity contribution < 1.29 is 9.59 Å².